The van der Waals surface area contributed by atoms with Crippen LogP contribution in [-0.2, 0) is 11.2 Å². The third-order valence-corrected chi connectivity index (χ3v) is 2.48. The monoisotopic (exact) mass is 200 g/mol. The van der Waals surface area contributed by atoms with Crippen LogP contribution in [0.2, 0.25) is 0 Å². The molecule has 15 heavy (non-hydrogen) atoms. The van der Waals surface area contributed by atoms with Crippen molar-refractivity contribution < 1.29 is 4.74 Å². The predicted molar refractivity (Wildman–Crippen MR) is 61.7 cm³/mol. The Morgan fingerprint density at radius 1 is 1.33 bits per heavy atom. The molecule has 0 amide bonds. The quantitative estimate of drug-likeness (QED) is 0.540. The molecule has 0 spiro atoms. The van der Waals surface area contributed by atoms with Gasteiger partial charge in [0.1, 0.15) is 6.10 Å². The average molecular weight is 200 g/mol. The number of epoxide rings is 1. The Balaban J connectivity index is 1.94. The molecule has 1 aromatic carbocycles. The van der Waals surface area contributed by atoms with Crippen molar-refractivity contribution in [3.8, 4) is 11.8 Å². The second-order valence-corrected chi connectivity index (χ2v) is 3.89. The summed E-state index contributed by atoms with van der Waals surface area (Å²) in [6.45, 7) is 3.02. The van der Waals surface area contributed by atoms with Crippen molar-refractivity contribution in [2.75, 3.05) is 6.61 Å². The van der Waals surface area contributed by atoms with E-state index in [0.717, 1.165) is 12.2 Å². The molecule has 1 aromatic rings. The van der Waals surface area contributed by atoms with Crippen molar-refractivity contribution >= 4 is 0 Å². The molecule has 2 rings (SSSR count). The van der Waals surface area contributed by atoms with Gasteiger partial charge < -0.3 is 4.74 Å². The van der Waals surface area contributed by atoms with Gasteiger partial charge in [0, 0.05) is 5.56 Å². The number of rotatable bonds is 3. The highest BCUT2D eigenvalue weighted by Gasteiger charge is 2.18. The van der Waals surface area contributed by atoms with Crippen LogP contribution >= 0.6 is 0 Å². The number of unbranched alkanes of at least 4 members (excludes halogenated alkanes) is 1. The van der Waals surface area contributed by atoms with Gasteiger partial charge in [0.15, 0.2) is 0 Å². The molecule has 0 N–H and O–H groups in total. The molecule has 1 aliphatic heterocycles. The summed E-state index contributed by atoms with van der Waals surface area (Å²) in [5, 5.41) is 0. The van der Waals surface area contributed by atoms with Crippen LogP contribution in [0.25, 0.3) is 0 Å². The van der Waals surface area contributed by atoms with E-state index in [1.54, 1.807) is 0 Å². The van der Waals surface area contributed by atoms with E-state index >= 15 is 0 Å². The van der Waals surface area contributed by atoms with Crippen molar-refractivity contribution in [3.63, 3.8) is 0 Å². The van der Waals surface area contributed by atoms with Gasteiger partial charge in [-0.1, -0.05) is 37.3 Å². The molecule has 0 aliphatic carbocycles. The molecule has 1 heterocycles. The zero-order valence-electron chi connectivity index (χ0n) is 9.12. The maximum absolute atomic E-state index is 5.03. The molecule has 1 nitrogen and oxygen atoms in total. The molecule has 1 aliphatic rings. The van der Waals surface area contributed by atoms with E-state index < -0.39 is 0 Å². The summed E-state index contributed by atoms with van der Waals surface area (Å²) in [7, 11) is 0. The summed E-state index contributed by atoms with van der Waals surface area (Å²) >= 11 is 0. The van der Waals surface area contributed by atoms with Gasteiger partial charge >= 0.3 is 0 Å². The molecule has 1 saturated heterocycles. The van der Waals surface area contributed by atoms with Crippen LogP contribution in [0.15, 0.2) is 24.3 Å². The number of ether oxygens (including phenoxy) is 1. The first kappa shape index (κ1) is 10.3. The summed E-state index contributed by atoms with van der Waals surface area (Å²) in [5.74, 6) is 6.18. The highest BCUT2D eigenvalue weighted by Crippen LogP contribution is 2.09. The van der Waals surface area contributed by atoms with Crippen LogP contribution in [0.1, 0.15) is 30.9 Å². The van der Waals surface area contributed by atoms with Gasteiger partial charge in [-0.25, -0.2) is 0 Å². The molecule has 0 radical (unpaired) electrons. The molecule has 0 saturated carbocycles. The van der Waals surface area contributed by atoms with Gasteiger partial charge in [0.25, 0.3) is 0 Å². The fourth-order valence-corrected chi connectivity index (χ4v) is 1.43. The zero-order valence-corrected chi connectivity index (χ0v) is 9.12. The molecule has 1 fully saturated rings. The van der Waals surface area contributed by atoms with Crippen LogP contribution in [0, 0.1) is 11.8 Å². The third kappa shape index (κ3) is 3.42. The van der Waals surface area contributed by atoms with Crippen molar-refractivity contribution in [1.29, 1.82) is 0 Å². The van der Waals surface area contributed by atoms with Gasteiger partial charge in [-0.2, -0.15) is 0 Å². The Hall–Kier alpha value is -1.26. The number of aryl methyl sites for hydroxylation is 1. The second kappa shape index (κ2) is 5.00. The first-order chi connectivity index (χ1) is 7.38. The van der Waals surface area contributed by atoms with Crippen molar-refractivity contribution in [2.24, 2.45) is 0 Å². The Morgan fingerprint density at radius 2 is 2.07 bits per heavy atom. The zero-order chi connectivity index (χ0) is 10.5. The minimum absolute atomic E-state index is 0.199. The molecule has 0 bridgehead atoms. The fraction of sp³-hybridized carbons (Fsp3) is 0.429. The third-order valence-electron chi connectivity index (χ3n) is 2.48. The van der Waals surface area contributed by atoms with E-state index in [1.165, 1.54) is 24.8 Å². The minimum Gasteiger partial charge on any atom is -0.359 e. The summed E-state index contributed by atoms with van der Waals surface area (Å²) in [6.07, 6.45) is 3.89. The first-order valence-corrected chi connectivity index (χ1v) is 5.60. The van der Waals surface area contributed by atoms with Gasteiger partial charge in [-0.15, -0.1) is 0 Å². The van der Waals surface area contributed by atoms with Crippen LogP contribution in [0.3, 0.4) is 0 Å². The van der Waals surface area contributed by atoms with Crippen molar-refractivity contribution in [3.05, 3.63) is 35.4 Å². The Labute approximate surface area is 91.5 Å². The Kier molecular flexibility index (Phi) is 3.42. The fourth-order valence-electron chi connectivity index (χ4n) is 1.43. The smallest absolute Gasteiger partial charge is 0.142 e. The largest absolute Gasteiger partial charge is 0.359 e. The van der Waals surface area contributed by atoms with E-state index in [4.69, 9.17) is 4.74 Å². The lowest BCUT2D eigenvalue weighted by molar-refractivity contribution is 0.445. The normalized spacial score (nSPS) is 18.1. The van der Waals surface area contributed by atoms with E-state index in [1.807, 2.05) is 0 Å². The number of hydrogen-bond acceptors (Lipinski definition) is 1. The molecular formula is C14H16O. The van der Waals surface area contributed by atoms with Gasteiger partial charge in [0.05, 0.1) is 6.61 Å². The average Bonchev–Trinajstić information content (AvgIpc) is 3.09. The topological polar surface area (TPSA) is 12.5 Å². The Morgan fingerprint density at radius 3 is 2.67 bits per heavy atom. The SMILES string of the molecule is CCCCc1ccc(C#CC2CO2)cc1. The first-order valence-electron chi connectivity index (χ1n) is 5.60. The van der Waals surface area contributed by atoms with Gasteiger partial charge in [-0.05, 0) is 30.5 Å². The van der Waals surface area contributed by atoms with Crippen molar-refractivity contribution in [2.45, 2.75) is 32.3 Å². The maximum Gasteiger partial charge on any atom is 0.142 e. The molecular weight excluding hydrogens is 184 g/mol. The summed E-state index contributed by atoms with van der Waals surface area (Å²) in [5.41, 5.74) is 2.50. The van der Waals surface area contributed by atoms with Gasteiger partial charge in [0.2, 0.25) is 0 Å². The van der Waals surface area contributed by atoms with Crippen molar-refractivity contribution in [1.82, 2.24) is 0 Å². The van der Waals surface area contributed by atoms with E-state index in [-0.39, 0.29) is 6.10 Å². The second-order valence-electron chi connectivity index (χ2n) is 3.89. The molecule has 1 heteroatoms. The molecule has 1 atom stereocenters. The van der Waals surface area contributed by atoms with E-state index in [0.29, 0.717) is 0 Å². The van der Waals surface area contributed by atoms with E-state index in [9.17, 15) is 0 Å². The molecule has 0 aromatic heterocycles. The van der Waals surface area contributed by atoms with Crippen LogP contribution in [0.4, 0.5) is 0 Å². The number of benzene rings is 1. The standard InChI is InChI=1S/C14H16O/c1-2-3-4-12-5-7-13(8-6-12)9-10-14-11-15-14/h5-8,14H,2-4,11H2,1H3. The summed E-state index contributed by atoms with van der Waals surface area (Å²) in [6, 6.07) is 8.54. The highest BCUT2D eigenvalue weighted by molar-refractivity contribution is 5.37. The Bertz CT molecular complexity index is 363. The molecule has 1 unspecified atom stereocenters. The minimum atomic E-state index is 0.199. The highest BCUT2D eigenvalue weighted by atomic mass is 16.6. The lowest BCUT2D eigenvalue weighted by Crippen LogP contribution is -1.85. The lowest BCUT2D eigenvalue weighted by atomic mass is 10.1. The van der Waals surface area contributed by atoms with E-state index in [2.05, 4.69) is 43.0 Å². The summed E-state index contributed by atoms with van der Waals surface area (Å²) in [4.78, 5) is 0. The number of hydrogen-bond donors (Lipinski definition) is 0. The van der Waals surface area contributed by atoms with Crippen LogP contribution < -0.4 is 0 Å². The van der Waals surface area contributed by atoms with Crippen LogP contribution in [-0.4, -0.2) is 12.7 Å². The van der Waals surface area contributed by atoms with Crippen LogP contribution in [0.5, 0.6) is 0 Å². The molecule has 78 valence electrons. The van der Waals surface area contributed by atoms with Gasteiger partial charge in [-0.3, -0.25) is 0 Å². The predicted octanol–water partition coefficient (Wildman–Crippen LogP) is 2.78. The lowest BCUT2D eigenvalue weighted by Gasteiger charge is -1.98. The summed E-state index contributed by atoms with van der Waals surface area (Å²) < 4.78 is 5.03. The maximum atomic E-state index is 5.03.